The third-order valence-corrected chi connectivity index (χ3v) is 3.51. The summed E-state index contributed by atoms with van der Waals surface area (Å²) in [6.07, 6.45) is 1.10. The Balaban J connectivity index is 2.16. The summed E-state index contributed by atoms with van der Waals surface area (Å²) in [5.74, 6) is 5.10. The van der Waals surface area contributed by atoms with Crippen molar-refractivity contribution in [2.75, 3.05) is 19.7 Å². The van der Waals surface area contributed by atoms with Crippen LogP contribution >= 0.6 is 11.6 Å². The molecule has 0 aliphatic carbocycles. The molecule has 1 amide bonds. The van der Waals surface area contributed by atoms with Crippen LogP contribution in [0, 0.1) is 11.8 Å². The number of carbonyl (C=O) groups excluding carboxylic acids is 1. The third kappa shape index (κ3) is 3.51. The first-order chi connectivity index (χ1) is 9.61. The molecular formula is C15H16ClNO3. The minimum absolute atomic E-state index is 0.132. The highest BCUT2D eigenvalue weighted by atomic mass is 35.5. The molecule has 20 heavy (non-hydrogen) atoms. The second-order valence-corrected chi connectivity index (χ2v) is 5.11. The fraction of sp³-hybridized carbons (Fsp3) is 0.400. The largest absolute Gasteiger partial charge is 0.391 e. The Bertz CT molecular complexity index is 562. The number of hydrogen-bond acceptors (Lipinski definition) is 3. The summed E-state index contributed by atoms with van der Waals surface area (Å²) in [7, 11) is 0. The molecule has 4 nitrogen and oxygen atoms in total. The van der Waals surface area contributed by atoms with Crippen LogP contribution in [0.3, 0.4) is 0 Å². The van der Waals surface area contributed by atoms with Crippen LogP contribution in [0.1, 0.15) is 28.8 Å². The maximum Gasteiger partial charge on any atom is 0.253 e. The maximum absolute atomic E-state index is 12.3. The molecule has 1 atom stereocenters. The molecule has 0 spiro atoms. The van der Waals surface area contributed by atoms with Gasteiger partial charge in [-0.15, -0.1) is 0 Å². The molecule has 1 aromatic carbocycles. The second kappa shape index (κ2) is 6.76. The molecule has 106 valence electrons. The molecule has 1 aliphatic heterocycles. The van der Waals surface area contributed by atoms with Crippen LogP contribution in [0.5, 0.6) is 0 Å². The predicted octanol–water partition coefficient (Wildman–Crippen LogP) is 1.28. The van der Waals surface area contributed by atoms with Crippen molar-refractivity contribution in [2.45, 2.75) is 18.9 Å². The highest BCUT2D eigenvalue weighted by molar-refractivity contribution is 6.32. The van der Waals surface area contributed by atoms with Gasteiger partial charge in [0, 0.05) is 24.2 Å². The van der Waals surface area contributed by atoms with Gasteiger partial charge in [0.05, 0.1) is 11.1 Å². The van der Waals surface area contributed by atoms with Gasteiger partial charge >= 0.3 is 0 Å². The Morgan fingerprint density at radius 1 is 1.50 bits per heavy atom. The Kier molecular flexibility index (Phi) is 5.02. The van der Waals surface area contributed by atoms with Crippen molar-refractivity contribution in [2.24, 2.45) is 0 Å². The summed E-state index contributed by atoms with van der Waals surface area (Å²) in [4.78, 5) is 13.9. The molecule has 2 rings (SSSR count). The number of carbonyl (C=O) groups is 1. The van der Waals surface area contributed by atoms with Gasteiger partial charge in [-0.3, -0.25) is 4.79 Å². The number of amides is 1. The van der Waals surface area contributed by atoms with Gasteiger partial charge in [0.2, 0.25) is 0 Å². The number of rotatable bonds is 1. The first-order valence-corrected chi connectivity index (χ1v) is 6.86. The van der Waals surface area contributed by atoms with E-state index < -0.39 is 6.10 Å². The number of likely N-dealkylation sites (tertiary alicyclic amines) is 1. The topological polar surface area (TPSA) is 60.8 Å². The molecule has 1 saturated heterocycles. The van der Waals surface area contributed by atoms with Crippen molar-refractivity contribution in [3.8, 4) is 11.8 Å². The van der Waals surface area contributed by atoms with Gasteiger partial charge in [-0.2, -0.15) is 0 Å². The van der Waals surface area contributed by atoms with E-state index in [4.69, 9.17) is 16.7 Å². The highest BCUT2D eigenvalue weighted by Crippen LogP contribution is 2.20. The molecule has 1 aromatic rings. The molecular weight excluding hydrogens is 278 g/mol. The lowest BCUT2D eigenvalue weighted by Gasteiger charge is -2.30. The summed E-state index contributed by atoms with van der Waals surface area (Å²) < 4.78 is 0. The van der Waals surface area contributed by atoms with E-state index in [9.17, 15) is 9.90 Å². The van der Waals surface area contributed by atoms with E-state index in [1.165, 1.54) is 0 Å². The SMILES string of the molecule is O=C(c1ccc(C#CCO)c(Cl)c1)N1CCCC(O)C1. The number of aliphatic hydroxyl groups is 2. The van der Waals surface area contributed by atoms with Crippen molar-refractivity contribution < 1.29 is 15.0 Å². The zero-order valence-electron chi connectivity index (χ0n) is 11.0. The van der Waals surface area contributed by atoms with Crippen molar-refractivity contribution >= 4 is 17.5 Å². The predicted molar refractivity (Wildman–Crippen MR) is 76.6 cm³/mol. The zero-order valence-corrected chi connectivity index (χ0v) is 11.7. The molecule has 1 aliphatic rings. The molecule has 1 fully saturated rings. The van der Waals surface area contributed by atoms with E-state index in [-0.39, 0.29) is 12.5 Å². The Morgan fingerprint density at radius 3 is 2.95 bits per heavy atom. The van der Waals surface area contributed by atoms with Crippen LogP contribution in [0.4, 0.5) is 0 Å². The lowest BCUT2D eigenvalue weighted by Crippen LogP contribution is -2.42. The van der Waals surface area contributed by atoms with E-state index in [0.717, 1.165) is 12.8 Å². The van der Waals surface area contributed by atoms with Crippen molar-refractivity contribution in [3.05, 3.63) is 34.3 Å². The summed E-state index contributed by atoms with van der Waals surface area (Å²) in [5.41, 5.74) is 1.06. The average molecular weight is 294 g/mol. The number of β-amino-alcohol motifs (C(OH)–C–C–N with tert-alkyl or cyclic N) is 1. The highest BCUT2D eigenvalue weighted by Gasteiger charge is 2.23. The lowest BCUT2D eigenvalue weighted by molar-refractivity contribution is 0.0474. The van der Waals surface area contributed by atoms with Gasteiger partial charge in [0.25, 0.3) is 5.91 Å². The first kappa shape index (κ1) is 14.9. The fourth-order valence-corrected chi connectivity index (χ4v) is 2.43. The number of halogens is 1. The van der Waals surface area contributed by atoms with E-state index in [2.05, 4.69) is 11.8 Å². The molecule has 2 N–H and O–H groups in total. The quantitative estimate of drug-likeness (QED) is 0.767. The summed E-state index contributed by atoms with van der Waals surface area (Å²) in [6.45, 7) is 0.783. The third-order valence-electron chi connectivity index (χ3n) is 3.20. The molecule has 1 heterocycles. The normalized spacial score (nSPS) is 18.4. The standard InChI is InChI=1S/C15H16ClNO3/c16-14-9-12(6-5-11(14)3-2-8-18)15(20)17-7-1-4-13(19)10-17/h5-6,9,13,18-19H,1,4,7-8,10H2. The minimum Gasteiger partial charge on any atom is -0.391 e. The van der Waals surface area contributed by atoms with Crippen LogP contribution in [0.2, 0.25) is 5.02 Å². The minimum atomic E-state index is -0.446. The second-order valence-electron chi connectivity index (χ2n) is 4.70. The van der Waals surface area contributed by atoms with Crippen LogP contribution in [-0.2, 0) is 0 Å². The Hall–Kier alpha value is -1.54. The molecule has 1 unspecified atom stereocenters. The van der Waals surface area contributed by atoms with Crippen LogP contribution in [0.25, 0.3) is 0 Å². The average Bonchev–Trinajstić information content (AvgIpc) is 2.45. The van der Waals surface area contributed by atoms with E-state index >= 15 is 0 Å². The van der Waals surface area contributed by atoms with Crippen LogP contribution in [-0.4, -0.2) is 46.8 Å². The summed E-state index contributed by atoms with van der Waals surface area (Å²) >= 11 is 6.07. The molecule has 0 bridgehead atoms. The van der Waals surface area contributed by atoms with Gasteiger partial charge in [0.1, 0.15) is 6.61 Å². The van der Waals surface area contributed by atoms with Gasteiger partial charge in [0.15, 0.2) is 0 Å². The molecule has 0 radical (unpaired) electrons. The number of piperidine rings is 1. The Morgan fingerprint density at radius 2 is 2.30 bits per heavy atom. The lowest BCUT2D eigenvalue weighted by atomic mass is 10.1. The number of nitrogens with zero attached hydrogens (tertiary/aromatic N) is 1. The van der Waals surface area contributed by atoms with E-state index in [1.54, 1.807) is 23.1 Å². The van der Waals surface area contributed by atoms with Crippen molar-refractivity contribution in [1.29, 1.82) is 0 Å². The van der Waals surface area contributed by atoms with Gasteiger partial charge in [-0.05, 0) is 31.0 Å². The van der Waals surface area contributed by atoms with Crippen LogP contribution < -0.4 is 0 Å². The molecule has 5 heteroatoms. The van der Waals surface area contributed by atoms with Gasteiger partial charge < -0.3 is 15.1 Å². The monoisotopic (exact) mass is 293 g/mol. The number of benzene rings is 1. The van der Waals surface area contributed by atoms with Gasteiger partial charge in [-0.1, -0.05) is 23.4 Å². The maximum atomic E-state index is 12.3. The first-order valence-electron chi connectivity index (χ1n) is 6.48. The van der Waals surface area contributed by atoms with Crippen LogP contribution in [0.15, 0.2) is 18.2 Å². The Labute approximate surface area is 123 Å². The van der Waals surface area contributed by atoms with Crippen molar-refractivity contribution in [3.63, 3.8) is 0 Å². The summed E-state index contributed by atoms with van der Waals surface area (Å²) in [6, 6.07) is 4.90. The van der Waals surface area contributed by atoms with E-state index in [1.807, 2.05) is 0 Å². The van der Waals surface area contributed by atoms with E-state index in [0.29, 0.717) is 29.2 Å². The summed E-state index contributed by atoms with van der Waals surface area (Å²) in [5, 5.41) is 18.6. The fourth-order valence-electron chi connectivity index (χ4n) is 2.21. The molecule has 0 aromatic heterocycles. The number of aliphatic hydroxyl groups excluding tert-OH is 2. The zero-order chi connectivity index (χ0) is 14.5. The van der Waals surface area contributed by atoms with Gasteiger partial charge in [-0.25, -0.2) is 0 Å². The smallest absolute Gasteiger partial charge is 0.253 e. The molecule has 0 saturated carbocycles. The number of hydrogen-bond donors (Lipinski definition) is 2. The van der Waals surface area contributed by atoms with Crippen molar-refractivity contribution in [1.82, 2.24) is 4.90 Å².